The predicted octanol–water partition coefficient (Wildman–Crippen LogP) is 3.04. The average Bonchev–Trinajstić information content (AvgIpc) is 3.02. The van der Waals surface area contributed by atoms with Crippen LogP contribution in [0.15, 0.2) is 46.1 Å². The molecule has 0 aromatic heterocycles. The number of hydrogen-bond donors (Lipinski definition) is 1. The Balaban J connectivity index is 1.73. The van der Waals surface area contributed by atoms with Gasteiger partial charge in [0.05, 0.1) is 26.9 Å². The molecule has 0 aromatic rings. The van der Waals surface area contributed by atoms with Crippen LogP contribution in [0.4, 0.5) is 0 Å². The number of hydrogen-bond acceptors (Lipinski definition) is 6. The maximum Gasteiger partial charge on any atom is 0.323 e. The van der Waals surface area contributed by atoms with E-state index in [0.717, 1.165) is 49.6 Å². The second-order valence-electron chi connectivity index (χ2n) is 9.44. The van der Waals surface area contributed by atoms with Crippen molar-refractivity contribution in [2.45, 2.75) is 51.1 Å². The fourth-order valence-electron chi connectivity index (χ4n) is 6.70. The van der Waals surface area contributed by atoms with E-state index in [0.29, 0.717) is 12.3 Å². The summed E-state index contributed by atoms with van der Waals surface area (Å²) in [5.74, 6) is 1.91. The van der Waals surface area contributed by atoms with Crippen LogP contribution < -0.4 is 5.32 Å². The van der Waals surface area contributed by atoms with E-state index in [4.69, 9.17) is 14.2 Å². The number of rotatable bonds is 4. The molecule has 30 heavy (non-hydrogen) atoms. The van der Waals surface area contributed by atoms with Gasteiger partial charge in [-0.15, -0.1) is 0 Å². The maximum absolute atomic E-state index is 13.6. The first-order valence-electron chi connectivity index (χ1n) is 11.0. The number of methoxy groups -OCH3 is 3. The zero-order valence-corrected chi connectivity index (χ0v) is 18.6. The van der Waals surface area contributed by atoms with Crippen LogP contribution in [-0.4, -0.2) is 56.9 Å². The molecule has 5 unspecified atom stereocenters. The Kier molecular flexibility index (Phi) is 4.37. The van der Waals surface area contributed by atoms with Gasteiger partial charge in [0.1, 0.15) is 11.2 Å². The Bertz CT molecular complexity index is 925. The number of carbonyl (C=O) groups excluding carboxylic acids is 1. The first-order chi connectivity index (χ1) is 14.4. The van der Waals surface area contributed by atoms with Crippen molar-refractivity contribution in [1.82, 2.24) is 10.2 Å². The molecule has 4 bridgehead atoms. The van der Waals surface area contributed by atoms with E-state index in [1.807, 2.05) is 0 Å². The molecule has 1 N–H and O–H groups in total. The molecular formula is C24H32N2O4. The van der Waals surface area contributed by atoms with Gasteiger partial charge in [0.15, 0.2) is 5.76 Å². The van der Waals surface area contributed by atoms with Crippen LogP contribution in [0.5, 0.6) is 0 Å². The first kappa shape index (κ1) is 19.7. The third kappa shape index (κ3) is 2.37. The third-order valence-electron chi connectivity index (χ3n) is 7.93. The number of carbonyl (C=O) groups is 1. The standard InChI is InChI=1S/C24H32N2O4/c1-6-15-9-14-11-24(22(27)30-5)20-16(7-8-26(13-14)21(15)24)17-10-18(28-3)19(29-4)12-23(17,2)25-20/h10-11,15,21,25H,6-9,12-13H2,1-5H3. The smallest absolute Gasteiger partial charge is 0.323 e. The molecule has 6 rings (SSSR count). The summed E-state index contributed by atoms with van der Waals surface area (Å²) in [5, 5.41) is 3.83. The van der Waals surface area contributed by atoms with Gasteiger partial charge in [0.2, 0.25) is 0 Å². The fourth-order valence-corrected chi connectivity index (χ4v) is 6.70. The summed E-state index contributed by atoms with van der Waals surface area (Å²) in [6.07, 6.45) is 8.09. The summed E-state index contributed by atoms with van der Waals surface area (Å²) in [6, 6.07) is 0.133. The highest BCUT2D eigenvalue weighted by atomic mass is 16.5. The SMILES string of the molecule is CCC1CC2=CC3(C(=O)OC)C4=C(CCN(C2)C13)C1=CC(OC)=C(OC)CC1(C)N4. The van der Waals surface area contributed by atoms with E-state index < -0.39 is 5.41 Å². The summed E-state index contributed by atoms with van der Waals surface area (Å²) < 4.78 is 16.8. The first-order valence-corrected chi connectivity index (χ1v) is 11.0. The molecule has 4 aliphatic heterocycles. The lowest BCUT2D eigenvalue weighted by molar-refractivity contribution is -0.154. The zero-order valence-electron chi connectivity index (χ0n) is 18.6. The number of nitrogens with one attached hydrogen (secondary N) is 1. The van der Waals surface area contributed by atoms with Gasteiger partial charge in [-0.1, -0.05) is 25.0 Å². The normalized spacial score (nSPS) is 38.8. The lowest BCUT2D eigenvalue weighted by Gasteiger charge is -2.54. The molecule has 162 valence electrons. The van der Waals surface area contributed by atoms with Crippen LogP contribution in [0, 0.1) is 11.3 Å². The average molecular weight is 413 g/mol. The maximum atomic E-state index is 13.6. The van der Waals surface area contributed by atoms with Crippen molar-refractivity contribution >= 4 is 5.97 Å². The van der Waals surface area contributed by atoms with E-state index in [9.17, 15) is 4.79 Å². The molecule has 1 fully saturated rings. The Morgan fingerprint density at radius 2 is 2.10 bits per heavy atom. The monoisotopic (exact) mass is 412 g/mol. The van der Waals surface area contributed by atoms with Crippen molar-refractivity contribution < 1.29 is 19.0 Å². The van der Waals surface area contributed by atoms with E-state index in [-0.39, 0.29) is 17.6 Å². The molecular weight excluding hydrogens is 380 g/mol. The van der Waals surface area contributed by atoms with Gasteiger partial charge in [0, 0.05) is 31.2 Å². The molecule has 2 aliphatic carbocycles. The molecule has 0 spiro atoms. The molecule has 0 saturated carbocycles. The molecule has 5 atom stereocenters. The van der Waals surface area contributed by atoms with Gasteiger partial charge in [-0.25, -0.2) is 0 Å². The summed E-state index contributed by atoms with van der Waals surface area (Å²) in [5.41, 5.74) is 3.78. The molecule has 6 heteroatoms. The van der Waals surface area contributed by atoms with Crippen molar-refractivity contribution in [3.8, 4) is 0 Å². The zero-order chi connectivity index (χ0) is 21.3. The van der Waals surface area contributed by atoms with Gasteiger partial charge in [0.25, 0.3) is 0 Å². The molecule has 4 heterocycles. The molecule has 6 nitrogen and oxygen atoms in total. The molecule has 6 aliphatic rings. The lowest BCUT2D eigenvalue weighted by atomic mass is 9.61. The predicted molar refractivity (Wildman–Crippen MR) is 113 cm³/mol. The van der Waals surface area contributed by atoms with Crippen LogP contribution in [-0.2, 0) is 19.0 Å². The largest absolute Gasteiger partial charge is 0.497 e. The number of allylic oxidation sites excluding steroid dienone is 1. The highest BCUT2D eigenvalue weighted by Gasteiger charge is 2.62. The summed E-state index contributed by atoms with van der Waals surface area (Å²) in [4.78, 5) is 16.1. The Morgan fingerprint density at radius 1 is 1.30 bits per heavy atom. The Labute approximate surface area is 178 Å². The van der Waals surface area contributed by atoms with E-state index in [1.165, 1.54) is 23.8 Å². The van der Waals surface area contributed by atoms with Crippen LogP contribution in [0.1, 0.15) is 39.5 Å². The number of fused-ring (bicyclic) bond motifs is 3. The van der Waals surface area contributed by atoms with Gasteiger partial charge in [-0.3, -0.25) is 9.69 Å². The number of esters is 1. The number of ether oxygens (including phenoxy) is 3. The van der Waals surface area contributed by atoms with E-state index in [1.54, 1.807) is 14.2 Å². The van der Waals surface area contributed by atoms with Crippen molar-refractivity contribution in [2.24, 2.45) is 11.3 Å². The Hall–Kier alpha value is -2.21. The van der Waals surface area contributed by atoms with Gasteiger partial charge in [-0.2, -0.15) is 0 Å². The second kappa shape index (κ2) is 6.64. The van der Waals surface area contributed by atoms with Crippen LogP contribution in [0.2, 0.25) is 0 Å². The van der Waals surface area contributed by atoms with Crippen molar-refractivity contribution in [3.05, 3.63) is 46.1 Å². The fraction of sp³-hybridized carbons (Fsp3) is 0.625. The van der Waals surface area contributed by atoms with E-state index in [2.05, 4.69) is 36.2 Å². The summed E-state index contributed by atoms with van der Waals surface area (Å²) >= 11 is 0. The van der Waals surface area contributed by atoms with E-state index >= 15 is 0 Å². The minimum atomic E-state index is -0.769. The van der Waals surface area contributed by atoms with Crippen molar-refractivity contribution in [2.75, 3.05) is 34.4 Å². The lowest BCUT2D eigenvalue weighted by Crippen LogP contribution is -2.63. The van der Waals surface area contributed by atoms with Crippen LogP contribution in [0.3, 0.4) is 0 Å². The number of nitrogens with zero attached hydrogens (tertiary/aromatic N) is 1. The topological polar surface area (TPSA) is 60.0 Å². The third-order valence-corrected chi connectivity index (χ3v) is 7.93. The molecule has 0 radical (unpaired) electrons. The van der Waals surface area contributed by atoms with Gasteiger partial charge >= 0.3 is 5.97 Å². The van der Waals surface area contributed by atoms with Crippen molar-refractivity contribution in [3.63, 3.8) is 0 Å². The van der Waals surface area contributed by atoms with Gasteiger partial charge < -0.3 is 19.5 Å². The molecule has 1 saturated heterocycles. The minimum absolute atomic E-state index is 0.133. The van der Waals surface area contributed by atoms with Crippen LogP contribution >= 0.6 is 0 Å². The quantitative estimate of drug-likeness (QED) is 0.566. The highest BCUT2D eigenvalue weighted by molar-refractivity contribution is 5.87. The number of piperidine rings is 1. The Morgan fingerprint density at radius 3 is 2.77 bits per heavy atom. The molecule has 0 aromatic carbocycles. The van der Waals surface area contributed by atoms with Gasteiger partial charge in [-0.05, 0) is 42.9 Å². The summed E-state index contributed by atoms with van der Waals surface area (Å²) in [6.45, 7) is 6.36. The van der Waals surface area contributed by atoms with Crippen LogP contribution in [0.25, 0.3) is 0 Å². The van der Waals surface area contributed by atoms with Crippen molar-refractivity contribution in [1.29, 1.82) is 0 Å². The molecule has 0 amide bonds. The highest BCUT2D eigenvalue weighted by Crippen LogP contribution is 2.57. The minimum Gasteiger partial charge on any atom is -0.497 e. The summed E-state index contributed by atoms with van der Waals surface area (Å²) in [7, 11) is 4.89. The second-order valence-corrected chi connectivity index (χ2v) is 9.44.